The zero-order valence-electron chi connectivity index (χ0n) is 16.9. The van der Waals surface area contributed by atoms with Crippen LogP contribution in [0.3, 0.4) is 0 Å². The van der Waals surface area contributed by atoms with Crippen LogP contribution in [0.5, 0.6) is 11.5 Å². The largest absolute Gasteiger partial charge is 0.455 e. The van der Waals surface area contributed by atoms with Crippen LogP contribution < -0.4 is 15.4 Å². The molecule has 1 atom stereocenters. The molecule has 0 radical (unpaired) electrons. The maximum atomic E-state index is 12.6. The number of carbonyl (C=O) groups is 2. The van der Waals surface area contributed by atoms with E-state index in [9.17, 15) is 9.59 Å². The third-order valence-corrected chi connectivity index (χ3v) is 5.43. The fourth-order valence-electron chi connectivity index (χ4n) is 2.62. The van der Waals surface area contributed by atoms with E-state index in [1.165, 1.54) is 11.8 Å². The van der Waals surface area contributed by atoms with E-state index in [1.807, 2.05) is 73.7 Å². The van der Waals surface area contributed by atoms with Crippen LogP contribution in [0.2, 0.25) is 0 Å². The first-order valence-electron chi connectivity index (χ1n) is 9.62. The molecule has 0 aliphatic rings. The molecule has 2 N–H and O–H groups in total. The van der Waals surface area contributed by atoms with Gasteiger partial charge in [-0.2, -0.15) is 0 Å². The van der Waals surface area contributed by atoms with Crippen molar-refractivity contribution in [3.8, 4) is 11.5 Å². The van der Waals surface area contributed by atoms with Crippen molar-refractivity contribution in [3.05, 3.63) is 84.4 Å². The van der Waals surface area contributed by atoms with Gasteiger partial charge in [-0.15, -0.1) is 11.8 Å². The molecule has 0 heterocycles. The van der Waals surface area contributed by atoms with Crippen LogP contribution in [0.1, 0.15) is 12.5 Å². The monoisotopic (exact) mass is 420 g/mol. The zero-order chi connectivity index (χ0) is 21.3. The maximum absolute atomic E-state index is 12.6. The molecule has 0 aromatic heterocycles. The van der Waals surface area contributed by atoms with Gasteiger partial charge in [0.15, 0.2) is 5.75 Å². The van der Waals surface area contributed by atoms with E-state index in [4.69, 9.17) is 4.74 Å². The summed E-state index contributed by atoms with van der Waals surface area (Å²) < 4.78 is 5.88. The molecule has 0 saturated carbocycles. The third-order valence-electron chi connectivity index (χ3n) is 4.28. The maximum Gasteiger partial charge on any atom is 0.237 e. The minimum atomic E-state index is -0.404. The normalized spacial score (nSPS) is 11.4. The topological polar surface area (TPSA) is 67.4 Å². The van der Waals surface area contributed by atoms with E-state index >= 15 is 0 Å². The standard InChI is InChI=1S/C24H24N2O3S/c1-17-12-14-19(15-13-17)25-23(27)16-30-18(2)24(28)26-21-10-6-7-11-22(21)29-20-8-4-3-5-9-20/h3-15,18H,16H2,1-2H3,(H,25,27)(H,26,28). The molecule has 3 aromatic rings. The summed E-state index contributed by atoms with van der Waals surface area (Å²) in [6, 6.07) is 24.3. The highest BCUT2D eigenvalue weighted by Gasteiger charge is 2.17. The van der Waals surface area contributed by atoms with Gasteiger partial charge in [-0.3, -0.25) is 9.59 Å². The van der Waals surface area contributed by atoms with Gasteiger partial charge in [0, 0.05) is 5.69 Å². The first-order chi connectivity index (χ1) is 14.5. The van der Waals surface area contributed by atoms with Crippen LogP contribution in [0.15, 0.2) is 78.9 Å². The molecule has 30 heavy (non-hydrogen) atoms. The van der Waals surface area contributed by atoms with Gasteiger partial charge in [0.1, 0.15) is 5.75 Å². The lowest BCUT2D eigenvalue weighted by atomic mass is 10.2. The molecule has 0 saturated heterocycles. The van der Waals surface area contributed by atoms with E-state index in [1.54, 1.807) is 19.1 Å². The number of benzene rings is 3. The average molecular weight is 421 g/mol. The molecule has 1 unspecified atom stereocenters. The number of rotatable bonds is 8. The highest BCUT2D eigenvalue weighted by Crippen LogP contribution is 2.29. The first kappa shape index (κ1) is 21.5. The van der Waals surface area contributed by atoms with E-state index in [-0.39, 0.29) is 17.6 Å². The molecule has 3 aromatic carbocycles. The van der Waals surface area contributed by atoms with Crippen molar-refractivity contribution in [1.82, 2.24) is 0 Å². The van der Waals surface area contributed by atoms with E-state index in [0.717, 1.165) is 11.3 Å². The summed E-state index contributed by atoms with van der Waals surface area (Å²) in [7, 11) is 0. The fraction of sp³-hybridized carbons (Fsp3) is 0.167. The lowest BCUT2D eigenvalue weighted by molar-refractivity contribution is -0.115. The summed E-state index contributed by atoms with van der Waals surface area (Å²) in [5, 5.41) is 5.33. The van der Waals surface area contributed by atoms with Gasteiger partial charge in [0.25, 0.3) is 0 Å². The molecule has 0 bridgehead atoms. The first-order valence-corrected chi connectivity index (χ1v) is 10.7. The Morgan fingerprint density at radius 2 is 1.57 bits per heavy atom. The molecule has 154 valence electrons. The second-order valence-corrected chi connectivity index (χ2v) is 8.10. The van der Waals surface area contributed by atoms with Crippen LogP contribution in [-0.2, 0) is 9.59 Å². The summed E-state index contributed by atoms with van der Waals surface area (Å²) in [6.07, 6.45) is 0. The Hall–Kier alpha value is -3.25. The summed E-state index contributed by atoms with van der Waals surface area (Å²) >= 11 is 1.28. The number of hydrogen-bond donors (Lipinski definition) is 2. The Labute approximate surface area is 180 Å². The van der Waals surface area contributed by atoms with Crippen LogP contribution >= 0.6 is 11.8 Å². The second kappa shape index (κ2) is 10.5. The second-order valence-electron chi connectivity index (χ2n) is 6.77. The van der Waals surface area contributed by atoms with Crippen molar-refractivity contribution in [3.63, 3.8) is 0 Å². The molecule has 6 heteroatoms. The number of nitrogens with one attached hydrogen (secondary N) is 2. The van der Waals surface area contributed by atoms with Crippen molar-refractivity contribution in [2.75, 3.05) is 16.4 Å². The van der Waals surface area contributed by atoms with Crippen LogP contribution in [0.4, 0.5) is 11.4 Å². The number of amides is 2. The Bertz CT molecular complexity index is 991. The number of hydrogen-bond acceptors (Lipinski definition) is 4. The number of anilines is 2. The van der Waals surface area contributed by atoms with Crippen molar-refractivity contribution in [2.45, 2.75) is 19.1 Å². The highest BCUT2D eigenvalue weighted by atomic mass is 32.2. The van der Waals surface area contributed by atoms with Gasteiger partial charge >= 0.3 is 0 Å². The minimum Gasteiger partial charge on any atom is -0.455 e. The number of para-hydroxylation sites is 3. The third kappa shape index (κ3) is 6.39. The molecule has 0 fully saturated rings. The van der Waals surface area contributed by atoms with E-state index < -0.39 is 5.25 Å². The smallest absolute Gasteiger partial charge is 0.237 e. The lowest BCUT2D eigenvalue weighted by Crippen LogP contribution is -2.25. The predicted octanol–water partition coefficient (Wildman–Crippen LogP) is 5.49. The molecule has 2 amide bonds. The van der Waals surface area contributed by atoms with Crippen molar-refractivity contribution in [2.24, 2.45) is 0 Å². The molecule has 5 nitrogen and oxygen atoms in total. The van der Waals surface area contributed by atoms with Crippen LogP contribution in [-0.4, -0.2) is 22.8 Å². The minimum absolute atomic E-state index is 0.142. The Morgan fingerprint density at radius 3 is 2.30 bits per heavy atom. The molecular weight excluding hydrogens is 396 g/mol. The van der Waals surface area contributed by atoms with Gasteiger partial charge in [-0.1, -0.05) is 48.0 Å². The Balaban J connectivity index is 1.53. The van der Waals surface area contributed by atoms with Gasteiger partial charge in [0.2, 0.25) is 11.8 Å². The number of carbonyl (C=O) groups excluding carboxylic acids is 2. The lowest BCUT2D eigenvalue weighted by Gasteiger charge is -2.15. The SMILES string of the molecule is Cc1ccc(NC(=O)CSC(C)C(=O)Nc2ccccc2Oc2ccccc2)cc1. The van der Waals surface area contributed by atoms with Gasteiger partial charge in [-0.05, 0) is 50.2 Å². The van der Waals surface area contributed by atoms with Crippen molar-refractivity contribution < 1.29 is 14.3 Å². The van der Waals surface area contributed by atoms with Gasteiger partial charge < -0.3 is 15.4 Å². The molecule has 0 spiro atoms. The zero-order valence-corrected chi connectivity index (χ0v) is 17.7. The van der Waals surface area contributed by atoms with Crippen molar-refractivity contribution >= 4 is 35.0 Å². The fourth-order valence-corrected chi connectivity index (χ4v) is 3.30. The Morgan fingerprint density at radius 1 is 0.900 bits per heavy atom. The predicted molar refractivity (Wildman–Crippen MR) is 123 cm³/mol. The summed E-state index contributed by atoms with van der Waals surface area (Å²) in [4.78, 5) is 24.8. The van der Waals surface area contributed by atoms with Crippen LogP contribution in [0, 0.1) is 6.92 Å². The summed E-state index contributed by atoms with van der Waals surface area (Å²) in [5.74, 6) is 1.11. The van der Waals surface area contributed by atoms with E-state index in [2.05, 4.69) is 10.6 Å². The molecular formula is C24H24N2O3S. The number of thioether (sulfide) groups is 1. The highest BCUT2D eigenvalue weighted by molar-refractivity contribution is 8.01. The molecule has 0 aliphatic heterocycles. The summed E-state index contributed by atoms with van der Waals surface area (Å²) in [6.45, 7) is 3.77. The molecule has 3 rings (SSSR count). The van der Waals surface area contributed by atoms with E-state index in [0.29, 0.717) is 17.2 Å². The quantitative estimate of drug-likeness (QED) is 0.506. The van der Waals surface area contributed by atoms with Crippen LogP contribution in [0.25, 0.3) is 0 Å². The number of aryl methyl sites for hydroxylation is 1. The Kier molecular flexibility index (Phi) is 7.51. The number of ether oxygens (including phenoxy) is 1. The van der Waals surface area contributed by atoms with Gasteiger partial charge in [-0.25, -0.2) is 0 Å². The summed E-state index contributed by atoms with van der Waals surface area (Å²) in [5.41, 5.74) is 2.46. The average Bonchev–Trinajstić information content (AvgIpc) is 2.75. The molecule has 0 aliphatic carbocycles. The van der Waals surface area contributed by atoms with Crippen molar-refractivity contribution in [1.29, 1.82) is 0 Å². The van der Waals surface area contributed by atoms with Gasteiger partial charge in [0.05, 0.1) is 16.7 Å².